The zero-order chi connectivity index (χ0) is 16.9. The molecule has 0 aliphatic heterocycles. The molecule has 1 amide bonds. The lowest BCUT2D eigenvalue weighted by Crippen LogP contribution is -2.32. The SMILES string of the molecule is O=C(NCC(O)CCc1ccccc1)c1cc(F)cc2[nH]cnc12. The predicted octanol–water partition coefficient (Wildman–Crippen LogP) is 2.43. The summed E-state index contributed by atoms with van der Waals surface area (Å²) in [4.78, 5) is 19.1. The van der Waals surface area contributed by atoms with Crippen molar-refractivity contribution in [3.8, 4) is 0 Å². The van der Waals surface area contributed by atoms with Crippen molar-refractivity contribution in [2.24, 2.45) is 0 Å². The van der Waals surface area contributed by atoms with Crippen molar-refractivity contribution in [1.82, 2.24) is 15.3 Å². The third-order valence-electron chi connectivity index (χ3n) is 3.84. The molecule has 1 aromatic heterocycles. The van der Waals surface area contributed by atoms with Gasteiger partial charge in [-0.3, -0.25) is 4.79 Å². The van der Waals surface area contributed by atoms with Crippen molar-refractivity contribution in [2.45, 2.75) is 18.9 Å². The first kappa shape index (κ1) is 16.1. The van der Waals surface area contributed by atoms with Gasteiger partial charge in [-0.1, -0.05) is 30.3 Å². The molecule has 1 heterocycles. The first-order valence-electron chi connectivity index (χ1n) is 7.76. The highest BCUT2D eigenvalue weighted by atomic mass is 19.1. The van der Waals surface area contributed by atoms with Crippen molar-refractivity contribution >= 4 is 16.9 Å². The second-order valence-electron chi connectivity index (χ2n) is 5.64. The Kier molecular flexibility index (Phi) is 4.86. The van der Waals surface area contributed by atoms with Crippen molar-refractivity contribution in [2.75, 3.05) is 6.54 Å². The second-order valence-corrected chi connectivity index (χ2v) is 5.64. The van der Waals surface area contributed by atoms with E-state index in [-0.39, 0.29) is 12.1 Å². The van der Waals surface area contributed by atoms with E-state index in [1.54, 1.807) is 0 Å². The van der Waals surface area contributed by atoms with E-state index >= 15 is 0 Å². The largest absolute Gasteiger partial charge is 0.391 e. The van der Waals surface area contributed by atoms with E-state index in [1.165, 1.54) is 12.4 Å². The summed E-state index contributed by atoms with van der Waals surface area (Å²) in [7, 11) is 0. The summed E-state index contributed by atoms with van der Waals surface area (Å²) in [6.45, 7) is 0.105. The molecule has 24 heavy (non-hydrogen) atoms. The standard InChI is InChI=1S/C18H18FN3O2/c19-13-8-15(17-16(9-13)21-11-22-17)18(24)20-10-14(23)7-6-12-4-2-1-3-5-12/h1-5,8-9,11,14,23H,6-7,10H2,(H,20,24)(H,21,22). The summed E-state index contributed by atoms with van der Waals surface area (Å²) in [5.74, 6) is -0.966. The van der Waals surface area contributed by atoms with Gasteiger partial charge in [0.15, 0.2) is 0 Å². The number of hydrogen-bond donors (Lipinski definition) is 3. The Balaban J connectivity index is 1.57. The van der Waals surface area contributed by atoms with Crippen molar-refractivity contribution in [3.63, 3.8) is 0 Å². The average molecular weight is 327 g/mol. The average Bonchev–Trinajstić information content (AvgIpc) is 3.06. The number of imidazole rings is 1. The number of aliphatic hydroxyl groups excluding tert-OH is 1. The van der Waals surface area contributed by atoms with E-state index in [0.29, 0.717) is 17.5 Å². The maximum Gasteiger partial charge on any atom is 0.253 e. The molecule has 0 radical (unpaired) electrons. The normalized spacial score (nSPS) is 12.2. The van der Waals surface area contributed by atoms with Crippen LogP contribution in [-0.4, -0.2) is 33.6 Å². The number of H-pyrrole nitrogens is 1. The molecule has 6 heteroatoms. The van der Waals surface area contributed by atoms with Gasteiger partial charge in [-0.05, 0) is 30.5 Å². The Bertz CT molecular complexity index is 833. The minimum absolute atomic E-state index is 0.105. The Hall–Kier alpha value is -2.73. The number of aryl methyl sites for hydroxylation is 1. The summed E-state index contributed by atoms with van der Waals surface area (Å²) in [5.41, 5.74) is 2.16. The van der Waals surface area contributed by atoms with Crippen LogP contribution in [0.1, 0.15) is 22.3 Å². The third kappa shape index (κ3) is 3.78. The molecule has 0 fully saturated rings. The molecule has 3 N–H and O–H groups in total. The second kappa shape index (κ2) is 7.23. The fraction of sp³-hybridized carbons (Fsp3) is 0.222. The fourth-order valence-corrected chi connectivity index (χ4v) is 2.57. The van der Waals surface area contributed by atoms with Gasteiger partial charge in [0.05, 0.1) is 23.5 Å². The molecule has 0 aliphatic carbocycles. The molecular formula is C18H18FN3O2. The number of rotatable bonds is 6. The number of hydrogen-bond acceptors (Lipinski definition) is 3. The molecule has 0 saturated heterocycles. The molecule has 5 nitrogen and oxygen atoms in total. The molecular weight excluding hydrogens is 309 g/mol. The number of aliphatic hydroxyl groups is 1. The van der Waals surface area contributed by atoms with E-state index < -0.39 is 17.8 Å². The highest BCUT2D eigenvalue weighted by molar-refractivity contribution is 6.04. The van der Waals surface area contributed by atoms with Gasteiger partial charge < -0.3 is 15.4 Å². The van der Waals surface area contributed by atoms with Gasteiger partial charge in [0.25, 0.3) is 5.91 Å². The third-order valence-corrected chi connectivity index (χ3v) is 3.84. The molecule has 3 rings (SSSR count). The van der Waals surface area contributed by atoms with E-state index in [9.17, 15) is 14.3 Å². The van der Waals surface area contributed by atoms with E-state index in [4.69, 9.17) is 0 Å². The quantitative estimate of drug-likeness (QED) is 0.651. The van der Waals surface area contributed by atoms with Crippen LogP contribution in [0, 0.1) is 5.82 Å². The highest BCUT2D eigenvalue weighted by Crippen LogP contribution is 2.17. The Morgan fingerprint density at radius 3 is 2.88 bits per heavy atom. The first-order valence-corrected chi connectivity index (χ1v) is 7.76. The fourth-order valence-electron chi connectivity index (χ4n) is 2.57. The predicted molar refractivity (Wildman–Crippen MR) is 89.2 cm³/mol. The summed E-state index contributed by atoms with van der Waals surface area (Å²) in [6, 6.07) is 12.3. The van der Waals surface area contributed by atoms with E-state index in [2.05, 4.69) is 15.3 Å². The van der Waals surface area contributed by atoms with E-state index in [1.807, 2.05) is 30.3 Å². The van der Waals surface area contributed by atoms with Gasteiger partial charge in [0.2, 0.25) is 0 Å². The number of amides is 1. The van der Waals surface area contributed by atoms with Crippen molar-refractivity contribution in [1.29, 1.82) is 0 Å². The smallest absolute Gasteiger partial charge is 0.253 e. The zero-order valence-corrected chi connectivity index (χ0v) is 13.0. The van der Waals surface area contributed by atoms with Crippen LogP contribution in [0.15, 0.2) is 48.8 Å². The van der Waals surface area contributed by atoms with Crippen LogP contribution >= 0.6 is 0 Å². The monoisotopic (exact) mass is 327 g/mol. The first-order chi connectivity index (χ1) is 11.6. The highest BCUT2D eigenvalue weighted by Gasteiger charge is 2.15. The topological polar surface area (TPSA) is 78.0 Å². The van der Waals surface area contributed by atoms with Crippen LogP contribution in [0.5, 0.6) is 0 Å². The maximum absolute atomic E-state index is 13.6. The number of nitrogens with zero attached hydrogens (tertiary/aromatic N) is 1. The van der Waals surface area contributed by atoms with Gasteiger partial charge in [-0.2, -0.15) is 0 Å². The van der Waals surface area contributed by atoms with Crippen LogP contribution in [0.3, 0.4) is 0 Å². The van der Waals surface area contributed by atoms with Gasteiger partial charge >= 0.3 is 0 Å². The molecule has 2 aromatic carbocycles. The molecule has 1 unspecified atom stereocenters. The summed E-state index contributed by atoms with van der Waals surface area (Å²) in [6.07, 6.45) is 2.00. The van der Waals surface area contributed by atoms with Gasteiger partial charge in [-0.15, -0.1) is 0 Å². The van der Waals surface area contributed by atoms with Gasteiger partial charge in [0.1, 0.15) is 11.3 Å². The number of carbonyl (C=O) groups is 1. The number of halogens is 1. The summed E-state index contributed by atoms with van der Waals surface area (Å²) >= 11 is 0. The minimum Gasteiger partial charge on any atom is -0.391 e. The molecule has 0 aliphatic rings. The summed E-state index contributed by atoms with van der Waals surface area (Å²) < 4.78 is 13.6. The number of fused-ring (bicyclic) bond motifs is 1. The van der Waals surface area contributed by atoms with Crippen molar-refractivity contribution in [3.05, 3.63) is 65.7 Å². The van der Waals surface area contributed by atoms with Crippen LogP contribution in [0.2, 0.25) is 0 Å². The number of aromatic amines is 1. The van der Waals surface area contributed by atoms with Crippen LogP contribution < -0.4 is 5.32 Å². The molecule has 0 saturated carbocycles. The molecule has 0 spiro atoms. The maximum atomic E-state index is 13.6. The van der Waals surface area contributed by atoms with E-state index in [0.717, 1.165) is 18.1 Å². The van der Waals surface area contributed by atoms with Crippen molar-refractivity contribution < 1.29 is 14.3 Å². The molecule has 0 bridgehead atoms. The Labute approximate surface area is 138 Å². The lowest BCUT2D eigenvalue weighted by atomic mass is 10.1. The van der Waals surface area contributed by atoms with Gasteiger partial charge in [-0.25, -0.2) is 9.37 Å². The molecule has 1 atom stereocenters. The lowest BCUT2D eigenvalue weighted by Gasteiger charge is -2.12. The zero-order valence-electron chi connectivity index (χ0n) is 13.0. The number of nitrogens with one attached hydrogen (secondary N) is 2. The van der Waals surface area contributed by atoms with Crippen LogP contribution in [0.25, 0.3) is 11.0 Å². The number of aromatic nitrogens is 2. The Morgan fingerprint density at radius 2 is 2.08 bits per heavy atom. The number of carbonyl (C=O) groups excluding carboxylic acids is 1. The summed E-state index contributed by atoms with van der Waals surface area (Å²) in [5, 5.41) is 12.7. The molecule has 3 aromatic rings. The molecule has 124 valence electrons. The van der Waals surface area contributed by atoms with Crippen LogP contribution in [0.4, 0.5) is 4.39 Å². The number of benzene rings is 2. The van der Waals surface area contributed by atoms with Crippen LogP contribution in [-0.2, 0) is 6.42 Å². The Morgan fingerprint density at radius 1 is 1.29 bits per heavy atom. The lowest BCUT2D eigenvalue weighted by molar-refractivity contribution is 0.0912. The van der Waals surface area contributed by atoms with Gasteiger partial charge in [0, 0.05) is 6.54 Å². The minimum atomic E-state index is -0.669.